The maximum atomic E-state index is 11.2. The molecule has 0 heterocycles. The normalized spacial score (nSPS) is 11.9. The largest absolute Gasteiger partial charge is 0.399 e. The molecule has 5 nitrogen and oxygen atoms in total. The fourth-order valence-corrected chi connectivity index (χ4v) is 3.69. The quantitative estimate of drug-likeness (QED) is 0.261. The summed E-state index contributed by atoms with van der Waals surface area (Å²) in [7, 11) is -3.84. The predicted octanol–water partition coefficient (Wildman–Crippen LogP) is 5.48. The van der Waals surface area contributed by atoms with E-state index in [4.69, 9.17) is 9.92 Å². The maximum absolute atomic E-state index is 11.2. The Bertz CT molecular complexity index is 374. The zero-order valence-electron chi connectivity index (χ0n) is 17.1. The standard InChI is InChI=1S/C20H43NO4S/c1-2-3-4-5-6-7-8-9-10-11-12-13-14-15-16-17-19-24-26(22,23)25-20-18-21/h2-21H2,1H3. The lowest BCUT2D eigenvalue weighted by atomic mass is 10.0. The van der Waals surface area contributed by atoms with E-state index in [1.165, 1.54) is 83.5 Å². The Morgan fingerprint density at radius 1 is 0.577 bits per heavy atom. The summed E-state index contributed by atoms with van der Waals surface area (Å²) >= 11 is 0. The molecule has 0 saturated heterocycles. The van der Waals surface area contributed by atoms with Crippen molar-refractivity contribution >= 4 is 10.4 Å². The number of unbranched alkanes of at least 4 members (excludes halogenated alkanes) is 15. The van der Waals surface area contributed by atoms with E-state index in [1.807, 2.05) is 0 Å². The van der Waals surface area contributed by atoms with Gasteiger partial charge < -0.3 is 5.73 Å². The van der Waals surface area contributed by atoms with Crippen LogP contribution >= 0.6 is 0 Å². The molecule has 6 heteroatoms. The number of rotatable bonds is 21. The van der Waals surface area contributed by atoms with Crippen molar-refractivity contribution in [2.24, 2.45) is 5.73 Å². The number of hydrogen-bond donors (Lipinski definition) is 1. The Balaban J connectivity index is 3.16. The molecule has 0 spiro atoms. The molecule has 0 atom stereocenters. The molecule has 0 fully saturated rings. The summed E-state index contributed by atoms with van der Waals surface area (Å²) < 4.78 is 31.8. The minimum Gasteiger partial charge on any atom is -0.328 e. The Kier molecular flexibility index (Phi) is 19.5. The second-order valence-electron chi connectivity index (χ2n) is 7.14. The maximum Gasteiger partial charge on any atom is 0.399 e. The molecular formula is C20H43NO4S. The molecule has 0 amide bonds. The summed E-state index contributed by atoms with van der Waals surface area (Å²) in [5, 5.41) is 0. The molecule has 0 aliphatic heterocycles. The molecule has 158 valence electrons. The van der Waals surface area contributed by atoms with Crippen molar-refractivity contribution < 1.29 is 16.8 Å². The highest BCUT2D eigenvalue weighted by Gasteiger charge is 2.10. The first-order valence-corrected chi connectivity index (χ1v) is 12.2. The summed E-state index contributed by atoms with van der Waals surface area (Å²) in [6.45, 7) is 2.61. The van der Waals surface area contributed by atoms with Crippen LogP contribution in [0.3, 0.4) is 0 Å². The molecule has 0 bridgehead atoms. The lowest BCUT2D eigenvalue weighted by Gasteiger charge is -2.05. The van der Waals surface area contributed by atoms with Crippen LogP contribution in [0.25, 0.3) is 0 Å². The van der Waals surface area contributed by atoms with Crippen molar-refractivity contribution in [2.45, 2.75) is 110 Å². The number of nitrogens with two attached hydrogens (primary N) is 1. The number of hydrogen-bond acceptors (Lipinski definition) is 5. The summed E-state index contributed by atoms with van der Waals surface area (Å²) in [5.41, 5.74) is 5.19. The van der Waals surface area contributed by atoms with Crippen molar-refractivity contribution in [1.29, 1.82) is 0 Å². The highest BCUT2D eigenvalue weighted by Crippen LogP contribution is 2.13. The molecule has 0 aromatic carbocycles. The Labute approximate surface area is 162 Å². The van der Waals surface area contributed by atoms with Crippen molar-refractivity contribution in [2.75, 3.05) is 19.8 Å². The van der Waals surface area contributed by atoms with Gasteiger partial charge >= 0.3 is 10.4 Å². The first-order valence-electron chi connectivity index (χ1n) is 10.9. The average molecular weight is 394 g/mol. The lowest BCUT2D eigenvalue weighted by Crippen LogP contribution is -2.16. The molecule has 0 saturated carbocycles. The van der Waals surface area contributed by atoms with E-state index in [0.717, 1.165) is 19.3 Å². The second-order valence-corrected chi connectivity index (χ2v) is 8.43. The van der Waals surface area contributed by atoms with Gasteiger partial charge in [0.15, 0.2) is 0 Å². The van der Waals surface area contributed by atoms with E-state index in [2.05, 4.69) is 11.1 Å². The van der Waals surface area contributed by atoms with Gasteiger partial charge in [0.25, 0.3) is 0 Å². The molecule has 0 aromatic heterocycles. The van der Waals surface area contributed by atoms with E-state index < -0.39 is 10.4 Å². The Morgan fingerprint density at radius 2 is 0.923 bits per heavy atom. The van der Waals surface area contributed by atoms with Gasteiger partial charge in [0.2, 0.25) is 0 Å². The van der Waals surface area contributed by atoms with E-state index in [0.29, 0.717) is 0 Å². The third-order valence-corrected chi connectivity index (χ3v) is 5.48. The van der Waals surface area contributed by atoms with Crippen molar-refractivity contribution in [3.8, 4) is 0 Å². The molecule has 0 rings (SSSR count). The summed E-state index contributed by atoms with van der Waals surface area (Å²) in [6, 6.07) is 0. The molecule has 0 aliphatic carbocycles. The molecule has 0 aromatic rings. The van der Waals surface area contributed by atoms with Gasteiger partial charge in [-0.1, -0.05) is 103 Å². The molecule has 0 aliphatic rings. The van der Waals surface area contributed by atoms with Crippen LogP contribution in [0.15, 0.2) is 0 Å². The average Bonchev–Trinajstić information content (AvgIpc) is 2.62. The smallest absolute Gasteiger partial charge is 0.328 e. The SMILES string of the molecule is CCCCCCCCCCCCCCCCCCOS(=O)(=O)OCCN. The second kappa shape index (κ2) is 19.6. The summed E-state index contributed by atoms with van der Waals surface area (Å²) in [4.78, 5) is 0. The summed E-state index contributed by atoms with van der Waals surface area (Å²) in [6.07, 6.45) is 20.7. The highest BCUT2D eigenvalue weighted by molar-refractivity contribution is 7.81. The van der Waals surface area contributed by atoms with E-state index in [1.54, 1.807) is 0 Å². The van der Waals surface area contributed by atoms with Crippen LogP contribution in [-0.4, -0.2) is 28.2 Å². The summed E-state index contributed by atoms with van der Waals surface area (Å²) in [5.74, 6) is 0. The van der Waals surface area contributed by atoms with Gasteiger partial charge in [0.1, 0.15) is 0 Å². The fourth-order valence-electron chi connectivity index (χ4n) is 3.00. The van der Waals surface area contributed by atoms with Crippen molar-refractivity contribution in [1.82, 2.24) is 0 Å². The van der Waals surface area contributed by atoms with Crippen LogP contribution in [0, 0.1) is 0 Å². The van der Waals surface area contributed by atoms with Crippen LogP contribution in [0.4, 0.5) is 0 Å². The third-order valence-electron chi connectivity index (χ3n) is 4.57. The predicted molar refractivity (Wildman–Crippen MR) is 109 cm³/mol. The topological polar surface area (TPSA) is 78.6 Å². The van der Waals surface area contributed by atoms with Crippen LogP contribution in [0.5, 0.6) is 0 Å². The molecular weight excluding hydrogens is 350 g/mol. The van der Waals surface area contributed by atoms with Gasteiger partial charge in [-0.05, 0) is 6.42 Å². The first-order chi connectivity index (χ1) is 12.6. The van der Waals surface area contributed by atoms with Gasteiger partial charge in [0.05, 0.1) is 13.2 Å². The van der Waals surface area contributed by atoms with Gasteiger partial charge in [-0.15, -0.1) is 0 Å². The molecule has 0 radical (unpaired) electrons. The van der Waals surface area contributed by atoms with Crippen LogP contribution in [-0.2, 0) is 18.8 Å². The molecule has 2 N–H and O–H groups in total. The van der Waals surface area contributed by atoms with Crippen molar-refractivity contribution in [3.63, 3.8) is 0 Å². The van der Waals surface area contributed by atoms with Crippen LogP contribution < -0.4 is 5.73 Å². The molecule has 0 unspecified atom stereocenters. The highest BCUT2D eigenvalue weighted by atomic mass is 32.3. The Morgan fingerprint density at radius 3 is 1.31 bits per heavy atom. The van der Waals surface area contributed by atoms with Gasteiger partial charge in [-0.3, -0.25) is 0 Å². The van der Waals surface area contributed by atoms with Gasteiger partial charge in [-0.25, -0.2) is 8.37 Å². The van der Waals surface area contributed by atoms with Crippen LogP contribution in [0.1, 0.15) is 110 Å². The van der Waals surface area contributed by atoms with Gasteiger partial charge in [0, 0.05) is 6.54 Å². The minimum atomic E-state index is -3.84. The molecule has 26 heavy (non-hydrogen) atoms. The first kappa shape index (κ1) is 25.8. The zero-order chi connectivity index (χ0) is 19.3. The van der Waals surface area contributed by atoms with Gasteiger partial charge in [-0.2, -0.15) is 8.42 Å². The fraction of sp³-hybridized carbons (Fsp3) is 1.00. The monoisotopic (exact) mass is 393 g/mol. The Hall–Kier alpha value is -0.170. The van der Waals surface area contributed by atoms with E-state index in [9.17, 15) is 8.42 Å². The minimum absolute atomic E-state index is 0.0265. The van der Waals surface area contributed by atoms with E-state index >= 15 is 0 Å². The lowest BCUT2D eigenvalue weighted by molar-refractivity contribution is 0.215. The third kappa shape index (κ3) is 20.1. The van der Waals surface area contributed by atoms with E-state index in [-0.39, 0.29) is 19.8 Å². The van der Waals surface area contributed by atoms with Crippen LogP contribution in [0.2, 0.25) is 0 Å². The zero-order valence-corrected chi connectivity index (χ0v) is 17.9. The van der Waals surface area contributed by atoms with Crippen molar-refractivity contribution in [3.05, 3.63) is 0 Å².